The highest BCUT2D eigenvalue weighted by Gasteiger charge is 2.36. The molecule has 0 saturated carbocycles. The van der Waals surface area contributed by atoms with Crippen molar-refractivity contribution in [1.82, 2.24) is 25.4 Å². The van der Waals surface area contributed by atoms with E-state index in [9.17, 15) is 13.2 Å². The van der Waals surface area contributed by atoms with Crippen LogP contribution in [-0.2, 0) is 32.7 Å². The third-order valence-corrected chi connectivity index (χ3v) is 4.34. The molecule has 0 saturated heterocycles. The first-order valence-electron chi connectivity index (χ1n) is 7.31. The zero-order valence-corrected chi connectivity index (χ0v) is 17.2. The summed E-state index contributed by atoms with van der Waals surface area (Å²) in [6.07, 6.45) is -0.390. The van der Waals surface area contributed by atoms with Gasteiger partial charge < -0.3 is 10.6 Å². The first-order valence-corrected chi connectivity index (χ1v) is 8.13. The van der Waals surface area contributed by atoms with Gasteiger partial charge in [-0.05, 0) is 6.42 Å². The number of nitrogens with one attached hydrogen (secondary N) is 2. The Morgan fingerprint density at radius 2 is 2.00 bits per heavy atom. The van der Waals surface area contributed by atoms with Crippen LogP contribution in [-0.4, -0.2) is 27.8 Å². The quantitative estimate of drug-likeness (QED) is 0.386. The van der Waals surface area contributed by atoms with E-state index in [2.05, 4.69) is 32.6 Å². The van der Waals surface area contributed by atoms with Crippen molar-refractivity contribution in [2.24, 2.45) is 12.0 Å². The van der Waals surface area contributed by atoms with Crippen LogP contribution >= 0.6 is 35.3 Å². The molecule has 0 unspecified atom stereocenters. The minimum atomic E-state index is -4.48. The van der Waals surface area contributed by atoms with E-state index < -0.39 is 11.9 Å². The maximum absolute atomic E-state index is 12.9. The molecule has 6 nitrogen and oxygen atoms in total. The molecule has 0 radical (unpaired) electrons. The van der Waals surface area contributed by atoms with Crippen molar-refractivity contribution in [2.75, 3.05) is 7.05 Å². The van der Waals surface area contributed by atoms with Crippen LogP contribution < -0.4 is 10.6 Å². The minimum Gasteiger partial charge on any atom is -0.352 e. The fourth-order valence-corrected chi connectivity index (χ4v) is 2.86. The molecule has 2 N–H and O–H groups in total. The van der Waals surface area contributed by atoms with Gasteiger partial charge in [-0.15, -0.1) is 35.3 Å². The summed E-state index contributed by atoms with van der Waals surface area (Å²) in [5, 5.41) is 10.3. The molecule has 0 aliphatic heterocycles. The second-order valence-electron chi connectivity index (χ2n) is 5.03. The van der Waals surface area contributed by atoms with E-state index in [0.717, 1.165) is 16.1 Å². The molecule has 140 valence electrons. The summed E-state index contributed by atoms with van der Waals surface area (Å²) in [6.45, 7) is 2.49. The lowest BCUT2D eigenvalue weighted by molar-refractivity contribution is -0.142. The van der Waals surface area contributed by atoms with E-state index in [4.69, 9.17) is 0 Å². The normalized spacial score (nSPS) is 12.0. The number of aryl methyl sites for hydroxylation is 2. The van der Waals surface area contributed by atoms with Crippen molar-refractivity contribution < 1.29 is 13.2 Å². The molecule has 0 aliphatic rings. The molecule has 2 rings (SSSR count). The third-order valence-electron chi connectivity index (χ3n) is 3.20. The number of nitrogens with zero attached hydrogens (tertiary/aromatic N) is 4. The topological polar surface area (TPSA) is 67.1 Å². The lowest BCUT2D eigenvalue weighted by atomic mass is 10.2. The molecule has 0 fully saturated rings. The van der Waals surface area contributed by atoms with Gasteiger partial charge in [-0.2, -0.15) is 18.3 Å². The van der Waals surface area contributed by atoms with Gasteiger partial charge in [0.2, 0.25) is 0 Å². The number of aliphatic imine (C=N–C) groups is 1. The predicted octanol–water partition coefficient (Wildman–Crippen LogP) is 2.94. The largest absolute Gasteiger partial charge is 0.435 e. The van der Waals surface area contributed by atoms with Gasteiger partial charge >= 0.3 is 6.18 Å². The van der Waals surface area contributed by atoms with Gasteiger partial charge in [-0.1, -0.05) is 6.92 Å². The van der Waals surface area contributed by atoms with Crippen molar-refractivity contribution in [3.05, 3.63) is 33.5 Å². The van der Waals surface area contributed by atoms with Crippen molar-refractivity contribution in [2.45, 2.75) is 32.6 Å². The van der Waals surface area contributed by atoms with Crippen molar-refractivity contribution in [1.29, 1.82) is 0 Å². The van der Waals surface area contributed by atoms with Gasteiger partial charge in [0, 0.05) is 43.5 Å². The van der Waals surface area contributed by atoms with Crippen LogP contribution in [0.4, 0.5) is 13.2 Å². The van der Waals surface area contributed by atoms with Crippen molar-refractivity contribution in [3.8, 4) is 0 Å². The summed E-state index contributed by atoms with van der Waals surface area (Å²) in [5.41, 5.74) is -0.823. The summed E-state index contributed by atoms with van der Waals surface area (Å²) in [4.78, 5) is 9.46. The Balaban J connectivity index is 0.00000312. The molecule has 0 bridgehead atoms. The van der Waals surface area contributed by atoms with Crippen LogP contribution in [0.5, 0.6) is 0 Å². The van der Waals surface area contributed by atoms with Crippen LogP contribution in [0.1, 0.15) is 28.1 Å². The van der Waals surface area contributed by atoms with E-state index in [-0.39, 0.29) is 36.1 Å². The van der Waals surface area contributed by atoms with Crippen molar-refractivity contribution >= 4 is 41.3 Å². The third kappa shape index (κ3) is 6.13. The molecule has 2 aromatic heterocycles. The highest BCUT2D eigenvalue weighted by Crippen LogP contribution is 2.30. The Morgan fingerprint density at radius 3 is 2.56 bits per heavy atom. The number of hydrogen-bond donors (Lipinski definition) is 2. The van der Waals surface area contributed by atoms with Gasteiger partial charge in [-0.3, -0.25) is 9.67 Å². The maximum atomic E-state index is 12.9. The van der Waals surface area contributed by atoms with E-state index in [0.29, 0.717) is 12.5 Å². The smallest absolute Gasteiger partial charge is 0.352 e. The monoisotopic (exact) mass is 488 g/mol. The Bertz CT molecular complexity index is 710. The lowest BCUT2D eigenvalue weighted by Gasteiger charge is -2.11. The number of halogens is 4. The first kappa shape index (κ1) is 21.7. The average molecular weight is 488 g/mol. The Morgan fingerprint density at radius 1 is 1.32 bits per heavy atom. The summed E-state index contributed by atoms with van der Waals surface area (Å²) in [7, 11) is 3.02. The van der Waals surface area contributed by atoms with Crippen LogP contribution in [0.25, 0.3) is 0 Å². The Labute approximate surface area is 165 Å². The standard InChI is InChI=1S/C14H19F3N6S.HI/c1-4-10-6-19-11(24-10)7-21-13(18-2)20-5-9-8-23(3)22-12(9)14(15,16)17;/h6,8H,4-5,7H2,1-3H3,(H2,18,20,21);1H. The highest BCUT2D eigenvalue weighted by atomic mass is 127. The molecule has 25 heavy (non-hydrogen) atoms. The van der Waals surface area contributed by atoms with Crippen LogP contribution in [0, 0.1) is 0 Å². The van der Waals surface area contributed by atoms with Gasteiger partial charge in [0.1, 0.15) is 5.01 Å². The molecule has 11 heteroatoms. The number of alkyl halides is 3. The Kier molecular flexibility index (Phi) is 8.12. The van der Waals surface area contributed by atoms with E-state index in [1.165, 1.54) is 18.1 Å². The highest BCUT2D eigenvalue weighted by molar-refractivity contribution is 14.0. The molecule has 0 aliphatic carbocycles. The van der Waals surface area contributed by atoms with Gasteiger partial charge in [-0.25, -0.2) is 4.98 Å². The SMILES string of the molecule is CCc1cnc(CNC(=NC)NCc2cn(C)nc2C(F)(F)F)s1.I. The summed E-state index contributed by atoms with van der Waals surface area (Å²) >= 11 is 1.59. The fraction of sp³-hybridized carbons (Fsp3) is 0.500. The summed E-state index contributed by atoms with van der Waals surface area (Å²) in [6, 6.07) is 0. The molecule has 0 aromatic carbocycles. The van der Waals surface area contributed by atoms with Crippen molar-refractivity contribution in [3.63, 3.8) is 0 Å². The van der Waals surface area contributed by atoms with Crippen LogP contribution in [0.3, 0.4) is 0 Å². The number of guanidine groups is 1. The average Bonchev–Trinajstić information content (AvgIpc) is 3.13. The lowest BCUT2D eigenvalue weighted by Crippen LogP contribution is -2.36. The van der Waals surface area contributed by atoms with Gasteiger partial charge in [0.05, 0.1) is 6.54 Å². The van der Waals surface area contributed by atoms with Crippen LogP contribution in [0.15, 0.2) is 17.4 Å². The first-order chi connectivity index (χ1) is 11.3. The van der Waals surface area contributed by atoms with Crippen LogP contribution in [0.2, 0.25) is 0 Å². The number of aromatic nitrogens is 3. The van der Waals surface area contributed by atoms with Gasteiger partial charge in [0.25, 0.3) is 0 Å². The second-order valence-corrected chi connectivity index (χ2v) is 6.23. The minimum absolute atomic E-state index is 0. The predicted molar refractivity (Wildman–Crippen MR) is 102 cm³/mol. The van der Waals surface area contributed by atoms with E-state index >= 15 is 0 Å². The molecule has 0 amide bonds. The number of hydrogen-bond acceptors (Lipinski definition) is 4. The molecular formula is C14H20F3IN6S. The summed E-state index contributed by atoms with van der Waals surface area (Å²) in [5.74, 6) is 0.403. The van der Waals surface area contributed by atoms with Gasteiger partial charge in [0.15, 0.2) is 11.7 Å². The number of rotatable bonds is 5. The Hall–Kier alpha value is -1.37. The molecule has 2 heterocycles. The maximum Gasteiger partial charge on any atom is 0.435 e. The van der Waals surface area contributed by atoms with E-state index in [1.807, 2.05) is 6.20 Å². The molecular weight excluding hydrogens is 468 g/mol. The second kappa shape index (κ2) is 9.36. The number of thiazole rings is 1. The zero-order chi connectivity index (χ0) is 17.7. The summed E-state index contributed by atoms with van der Waals surface area (Å²) < 4.78 is 39.9. The molecule has 2 aromatic rings. The fourth-order valence-electron chi connectivity index (χ4n) is 2.06. The van der Waals surface area contributed by atoms with E-state index in [1.54, 1.807) is 18.4 Å². The molecule has 0 spiro atoms. The zero-order valence-electron chi connectivity index (χ0n) is 14.0. The molecule has 0 atom stereocenters.